The van der Waals surface area contributed by atoms with Crippen LogP contribution in [-0.4, -0.2) is 42.3 Å². The van der Waals surface area contributed by atoms with E-state index in [2.05, 4.69) is 39.6 Å². The Morgan fingerprint density at radius 1 is 1.44 bits per heavy atom. The topological polar surface area (TPSA) is 38.5 Å². The second-order valence-corrected chi connectivity index (χ2v) is 5.64. The van der Waals surface area contributed by atoms with Gasteiger partial charge in [0, 0.05) is 18.1 Å². The van der Waals surface area contributed by atoms with E-state index in [0.29, 0.717) is 24.8 Å². The van der Waals surface area contributed by atoms with E-state index in [9.17, 15) is 0 Å². The molecule has 1 rings (SSSR count). The van der Waals surface area contributed by atoms with Gasteiger partial charge in [-0.05, 0) is 47.1 Å². The minimum atomic E-state index is 0.194. The van der Waals surface area contributed by atoms with Gasteiger partial charge in [-0.15, -0.1) is 0 Å². The third kappa shape index (κ3) is 2.96. The first-order chi connectivity index (χ1) is 7.42. The van der Waals surface area contributed by atoms with Crippen molar-refractivity contribution in [3.05, 3.63) is 0 Å². The highest BCUT2D eigenvalue weighted by atomic mass is 16.5. The first-order valence-corrected chi connectivity index (χ1v) is 6.50. The van der Waals surface area contributed by atoms with Crippen LogP contribution in [-0.2, 0) is 4.74 Å². The summed E-state index contributed by atoms with van der Waals surface area (Å²) in [5.41, 5.74) is 6.12. The zero-order valence-corrected chi connectivity index (χ0v) is 11.5. The molecule has 0 radical (unpaired) electrons. The molecule has 3 nitrogen and oxygen atoms in total. The molecule has 1 aliphatic heterocycles. The molecule has 0 amide bonds. The average Bonchev–Trinajstić information content (AvgIpc) is 2.66. The van der Waals surface area contributed by atoms with Crippen LogP contribution in [0.4, 0.5) is 0 Å². The smallest absolute Gasteiger partial charge is 0.0747 e. The number of nitrogens with zero attached hydrogens (tertiary/aromatic N) is 1. The molecule has 2 N–H and O–H groups in total. The van der Waals surface area contributed by atoms with Crippen molar-refractivity contribution >= 4 is 0 Å². The Kier molecular flexibility index (Phi) is 4.77. The van der Waals surface area contributed by atoms with E-state index in [1.165, 1.54) is 6.42 Å². The molecule has 0 aliphatic carbocycles. The minimum Gasteiger partial charge on any atom is -0.374 e. The van der Waals surface area contributed by atoms with E-state index >= 15 is 0 Å². The Bertz CT molecular complexity index is 218. The lowest BCUT2D eigenvalue weighted by atomic mass is 9.95. The summed E-state index contributed by atoms with van der Waals surface area (Å²) in [6.07, 6.45) is 4.16. The molecule has 1 heterocycles. The van der Waals surface area contributed by atoms with Crippen molar-refractivity contribution < 1.29 is 4.74 Å². The molecule has 96 valence electrons. The molecule has 0 spiro atoms. The SMILES string of the molecule is CCC(C)(C)N(C)C(CN)C1CCC(C)O1. The molecule has 3 atom stereocenters. The largest absolute Gasteiger partial charge is 0.374 e. The van der Waals surface area contributed by atoms with Crippen molar-refractivity contribution in [2.45, 2.75) is 70.7 Å². The molecule has 0 aromatic heterocycles. The predicted molar refractivity (Wildman–Crippen MR) is 68.5 cm³/mol. The van der Waals surface area contributed by atoms with Gasteiger partial charge < -0.3 is 10.5 Å². The third-order valence-electron chi connectivity index (χ3n) is 4.25. The summed E-state index contributed by atoms with van der Waals surface area (Å²) in [5, 5.41) is 0. The van der Waals surface area contributed by atoms with Crippen LogP contribution in [0.15, 0.2) is 0 Å². The summed E-state index contributed by atoms with van der Waals surface area (Å²) in [7, 11) is 2.17. The van der Waals surface area contributed by atoms with E-state index in [-0.39, 0.29) is 5.54 Å². The van der Waals surface area contributed by atoms with Gasteiger partial charge in [0.15, 0.2) is 0 Å². The average molecular weight is 228 g/mol. The fourth-order valence-corrected chi connectivity index (χ4v) is 2.37. The minimum absolute atomic E-state index is 0.194. The number of nitrogens with two attached hydrogens (primary N) is 1. The third-order valence-corrected chi connectivity index (χ3v) is 4.25. The van der Waals surface area contributed by atoms with E-state index in [1.807, 2.05) is 0 Å². The van der Waals surface area contributed by atoms with Crippen LogP contribution >= 0.6 is 0 Å². The first-order valence-electron chi connectivity index (χ1n) is 6.50. The van der Waals surface area contributed by atoms with Crippen molar-refractivity contribution in [1.82, 2.24) is 4.90 Å². The number of hydrogen-bond donors (Lipinski definition) is 1. The van der Waals surface area contributed by atoms with Crippen molar-refractivity contribution in [2.24, 2.45) is 5.73 Å². The van der Waals surface area contributed by atoms with E-state index in [0.717, 1.165) is 12.8 Å². The predicted octanol–water partition coefficient (Wildman–Crippen LogP) is 2.00. The first kappa shape index (κ1) is 13.9. The Hall–Kier alpha value is -0.120. The van der Waals surface area contributed by atoms with Crippen LogP contribution in [0.25, 0.3) is 0 Å². The van der Waals surface area contributed by atoms with Gasteiger partial charge in [-0.3, -0.25) is 4.90 Å². The fourth-order valence-electron chi connectivity index (χ4n) is 2.37. The van der Waals surface area contributed by atoms with Gasteiger partial charge in [-0.1, -0.05) is 6.92 Å². The van der Waals surface area contributed by atoms with Gasteiger partial charge in [-0.25, -0.2) is 0 Å². The van der Waals surface area contributed by atoms with Crippen molar-refractivity contribution in [3.63, 3.8) is 0 Å². The number of rotatable bonds is 5. The van der Waals surface area contributed by atoms with Crippen LogP contribution in [0.1, 0.15) is 47.0 Å². The van der Waals surface area contributed by atoms with Gasteiger partial charge in [0.25, 0.3) is 0 Å². The second-order valence-electron chi connectivity index (χ2n) is 5.64. The zero-order chi connectivity index (χ0) is 12.3. The lowest BCUT2D eigenvalue weighted by Gasteiger charge is -2.42. The molecular formula is C13H28N2O. The highest BCUT2D eigenvalue weighted by molar-refractivity contribution is 4.90. The van der Waals surface area contributed by atoms with Crippen LogP contribution in [0.5, 0.6) is 0 Å². The number of ether oxygens (including phenoxy) is 1. The van der Waals surface area contributed by atoms with Crippen molar-refractivity contribution in [3.8, 4) is 0 Å². The monoisotopic (exact) mass is 228 g/mol. The molecule has 0 aromatic rings. The van der Waals surface area contributed by atoms with E-state index in [4.69, 9.17) is 10.5 Å². The standard InChI is InChI=1S/C13H28N2O/c1-6-13(3,4)15(5)11(9-14)12-8-7-10(2)16-12/h10-12H,6-9,14H2,1-5H3. The molecule has 0 bridgehead atoms. The van der Waals surface area contributed by atoms with Crippen LogP contribution in [0, 0.1) is 0 Å². The number of likely N-dealkylation sites (N-methyl/N-ethyl adjacent to an activating group) is 1. The Morgan fingerprint density at radius 2 is 2.06 bits per heavy atom. The molecule has 1 fully saturated rings. The maximum Gasteiger partial charge on any atom is 0.0747 e. The zero-order valence-electron chi connectivity index (χ0n) is 11.5. The van der Waals surface area contributed by atoms with Crippen molar-refractivity contribution in [2.75, 3.05) is 13.6 Å². The summed E-state index contributed by atoms with van der Waals surface area (Å²) in [4.78, 5) is 2.40. The molecule has 3 unspecified atom stereocenters. The highest BCUT2D eigenvalue weighted by Crippen LogP contribution is 2.28. The molecule has 1 aliphatic rings. The normalized spacial score (nSPS) is 28.7. The summed E-state index contributed by atoms with van der Waals surface area (Å²) >= 11 is 0. The summed E-state index contributed by atoms with van der Waals surface area (Å²) in [5.74, 6) is 0. The summed E-state index contributed by atoms with van der Waals surface area (Å²) < 4.78 is 5.95. The molecule has 1 saturated heterocycles. The molecular weight excluding hydrogens is 200 g/mol. The van der Waals surface area contributed by atoms with Crippen LogP contribution in [0.3, 0.4) is 0 Å². The number of hydrogen-bond acceptors (Lipinski definition) is 3. The molecule has 0 saturated carbocycles. The maximum atomic E-state index is 5.95. The van der Waals surface area contributed by atoms with Crippen LogP contribution in [0.2, 0.25) is 0 Å². The van der Waals surface area contributed by atoms with Gasteiger partial charge in [0.2, 0.25) is 0 Å². The van der Waals surface area contributed by atoms with Crippen molar-refractivity contribution in [1.29, 1.82) is 0 Å². The fraction of sp³-hybridized carbons (Fsp3) is 1.00. The Balaban J connectivity index is 2.66. The molecule has 0 aromatic carbocycles. The Morgan fingerprint density at radius 3 is 2.44 bits per heavy atom. The lowest BCUT2D eigenvalue weighted by Crippen LogP contribution is -2.54. The second kappa shape index (κ2) is 5.48. The van der Waals surface area contributed by atoms with Gasteiger partial charge in [0.1, 0.15) is 0 Å². The van der Waals surface area contributed by atoms with Gasteiger partial charge in [-0.2, -0.15) is 0 Å². The Labute approximate surface area is 100 Å². The lowest BCUT2D eigenvalue weighted by molar-refractivity contribution is -0.0259. The van der Waals surface area contributed by atoms with Gasteiger partial charge >= 0.3 is 0 Å². The van der Waals surface area contributed by atoms with E-state index < -0.39 is 0 Å². The molecule has 3 heteroatoms. The van der Waals surface area contributed by atoms with E-state index in [1.54, 1.807) is 0 Å². The summed E-state index contributed by atoms with van der Waals surface area (Å²) in [6.45, 7) is 9.60. The summed E-state index contributed by atoms with van der Waals surface area (Å²) in [6, 6.07) is 0.347. The quantitative estimate of drug-likeness (QED) is 0.782. The maximum absolute atomic E-state index is 5.95. The molecule has 16 heavy (non-hydrogen) atoms. The van der Waals surface area contributed by atoms with Crippen LogP contribution < -0.4 is 5.73 Å². The van der Waals surface area contributed by atoms with Gasteiger partial charge in [0.05, 0.1) is 12.2 Å². The highest BCUT2D eigenvalue weighted by Gasteiger charge is 2.36.